The lowest BCUT2D eigenvalue weighted by Crippen LogP contribution is -2.36. The van der Waals surface area contributed by atoms with E-state index in [2.05, 4.69) is 32.6 Å². The van der Waals surface area contributed by atoms with Gasteiger partial charge in [0.2, 0.25) is 0 Å². The van der Waals surface area contributed by atoms with Gasteiger partial charge in [0, 0.05) is 12.6 Å². The Kier molecular flexibility index (Phi) is 8.20. The minimum atomic E-state index is 0.723. The molecule has 0 fully saturated rings. The van der Waals surface area contributed by atoms with Crippen LogP contribution in [0.1, 0.15) is 47.0 Å². The maximum absolute atomic E-state index is 5.51. The normalized spacial score (nSPS) is 15.9. The fourth-order valence-electron chi connectivity index (χ4n) is 1.84. The molecule has 0 rings (SSSR count). The van der Waals surface area contributed by atoms with Crippen molar-refractivity contribution in [1.82, 2.24) is 4.90 Å². The van der Waals surface area contributed by atoms with Crippen LogP contribution in [-0.2, 0) is 0 Å². The molecule has 0 radical (unpaired) electrons. The molecule has 0 bridgehead atoms. The summed E-state index contributed by atoms with van der Waals surface area (Å²) in [7, 11) is 0. The summed E-state index contributed by atoms with van der Waals surface area (Å²) in [6.45, 7) is 12.4. The molecule has 0 saturated heterocycles. The van der Waals surface area contributed by atoms with Gasteiger partial charge in [-0.05, 0) is 45.2 Å². The van der Waals surface area contributed by atoms with E-state index in [0.29, 0.717) is 0 Å². The molecule has 0 heterocycles. The van der Waals surface area contributed by atoms with Crippen molar-refractivity contribution in [2.45, 2.75) is 53.0 Å². The molecule has 0 aliphatic rings. The number of nitrogens with zero attached hydrogens (tertiary/aromatic N) is 1. The van der Waals surface area contributed by atoms with E-state index in [1.807, 2.05) is 0 Å². The highest BCUT2D eigenvalue weighted by atomic mass is 15.1. The minimum Gasteiger partial charge on any atom is -0.330 e. The first-order valence-electron chi connectivity index (χ1n) is 6.09. The van der Waals surface area contributed by atoms with Crippen molar-refractivity contribution in [2.24, 2.45) is 11.7 Å². The standard InChI is InChI=1S/C12H28N2/c1-5-12(4)14(6-2)10-11(3)8-7-9-13/h11-12H,5-10,13H2,1-4H3. The third-order valence-corrected chi connectivity index (χ3v) is 3.07. The summed E-state index contributed by atoms with van der Waals surface area (Å²) in [4.78, 5) is 2.57. The predicted molar refractivity (Wildman–Crippen MR) is 64.5 cm³/mol. The van der Waals surface area contributed by atoms with Crippen molar-refractivity contribution in [3.63, 3.8) is 0 Å². The fourth-order valence-corrected chi connectivity index (χ4v) is 1.84. The first kappa shape index (κ1) is 13.9. The van der Waals surface area contributed by atoms with Gasteiger partial charge < -0.3 is 10.6 Å². The molecule has 0 spiro atoms. The van der Waals surface area contributed by atoms with Gasteiger partial charge in [-0.1, -0.05) is 20.8 Å². The smallest absolute Gasteiger partial charge is 0.00643 e. The maximum atomic E-state index is 5.51. The molecule has 14 heavy (non-hydrogen) atoms. The Morgan fingerprint density at radius 1 is 1.21 bits per heavy atom. The van der Waals surface area contributed by atoms with Crippen LogP contribution in [0.4, 0.5) is 0 Å². The maximum Gasteiger partial charge on any atom is 0.00643 e. The van der Waals surface area contributed by atoms with E-state index in [-0.39, 0.29) is 0 Å². The summed E-state index contributed by atoms with van der Waals surface area (Å²) in [6.07, 6.45) is 3.68. The lowest BCUT2D eigenvalue weighted by atomic mass is 10.0. The molecule has 2 atom stereocenters. The second-order valence-electron chi connectivity index (χ2n) is 4.38. The lowest BCUT2D eigenvalue weighted by Gasteiger charge is -2.29. The Bertz CT molecular complexity index is 125. The second kappa shape index (κ2) is 8.25. The Morgan fingerprint density at radius 3 is 2.29 bits per heavy atom. The monoisotopic (exact) mass is 200 g/mol. The van der Waals surface area contributed by atoms with Crippen LogP contribution in [0.15, 0.2) is 0 Å². The zero-order valence-corrected chi connectivity index (χ0v) is 10.4. The highest BCUT2D eigenvalue weighted by Crippen LogP contribution is 2.11. The summed E-state index contributed by atoms with van der Waals surface area (Å²) < 4.78 is 0. The first-order chi connectivity index (χ1) is 6.65. The zero-order chi connectivity index (χ0) is 11.0. The van der Waals surface area contributed by atoms with Gasteiger partial charge in [-0.25, -0.2) is 0 Å². The predicted octanol–water partition coefficient (Wildman–Crippen LogP) is 2.48. The Labute approximate surface area is 89.9 Å². The summed E-state index contributed by atoms with van der Waals surface area (Å²) in [5.74, 6) is 0.785. The molecule has 0 aromatic heterocycles. The van der Waals surface area contributed by atoms with Crippen molar-refractivity contribution < 1.29 is 0 Å². The Balaban J connectivity index is 3.79. The summed E-state index contributed by atoms with van der Waals surface area (Å²) in [5.41, 5.74) is 5.51. The van der Waals surface area contributed by atoms with E-state index in [0.717, 1.165) is 18.5 Å². The van der Waals surface area contributed by atoms with Crippen molar-refractivity contribution >= 4 is 0 Å². The molecule has 86 valence electrons. The van der Waals surface area contributed by atoms with Crippen LogP contribution < -0.4 is 5.73 Å². The van der Waals surface area contributed by atoms with Crippen LogP contribution in [0.3, 0.4) is 0 Å². The molecule has 2 heteroatoms. The van der Waals surface area contributed by atoms with E-state index in [1.54, 1.807) is 0 Å². The third-order valence-electron chi connectivity index (χ3n) is 3.07. The van der Waals surface area contributed by atoms with E-state index in [4.69, 9.17) is 5.73 Å². The van der Waals surface area contributed by atoms with Gasteiger partial charge in [0.1, 0.15) is 0 Å². The Hall–Kier alpha value is -0.0800. The number of hydrogen-bond acceptors (Lipinski definition) is 2. The van der Waals surface area contributed by atoms with Crippen LogP contribution in [0, 0.1) is 5.92 Å². The average Bonchev–Trinajstić information content (AvgIpc) is 2.21. The topological polar surface area (TPSA) is 29.3 Å². The number of nitrogens with two attached hydrogens (primary N) is 1. The van der Waals surface area contributed by atoms with E-state index in [1.165, 1.54) is 32.4 Å². The van der Waals surface area contributed by atoms with Crippen LogP contribution in [0.25, 0.3) is 0 Å². The molecule has 0 saturated carbocycles. The van der Waals surface area contributed by atoms with E-state index < -0.39 is 0 Å². The number of hydrogen-bond donors (Lipinski definition) is 1. The van der Waals surface area contributed by atoms with Gasteiger partial charge in [0.05, 0.1) is 0 Å². The SMILES string of the molecule is CCC(C)N(CC)CC(C)CCCN. The Morgan fingerprint density at radius 2 is 1.86 bits per heavy atom. The molecule has 0 aromatic carbocycles. The van der Waals surface area contributed by atoms with Gasteiger partial charge in [-0.3, -0.25) is 0 Å². The largest absolute Gasteiger partial charge is 0.330 e. The zero-order valence-electron chi connectivity index (χ0n) is 10.4. The van der Waals surface area contributed by atoms with Gasteiger partial charge >= 0.3 is 0 Å². The molecular formula is C12H28N2. The molecule has 0 aliphatic heterocycles. The van der Waals surface area contributed by atoms with E-state index >= 15 is 0 Å². The van der Waals surface area contributed by atoms with Crippen LogP contribution in [0.5, 0.6) is 0 Å². The van der Waals surface area contributed by atoms with Gasteiger partial charge in [0.25, 0.3) is 0 Å². The van der Waals surface area contributed by atoms with E-state index in [9.17, 15) is 0 Å². The minimum absolute atomic E-state index is 0.723. The number of rotatable bonds is 8. The van der Waals surface area contributed by atoms with Crippen molar-refractivity contribution in [3.8, 4) is 0 Å². The molecule has 0 amide bonds. The third kappa shape index (κ3) is 5.61. The summed E-state index contributed by atoms with van der Waals surface area (Å²) >= 11 is 0. The first-order valence-corrected chi connectivity index (χ1v) is 6.09. The highest BCUT2D eigenvalue weighted by Gasteiger charge is 2.12. The molecule has 2 nitrogen and oxygen atoms in total. The van der Waals surface area contributed by atoms with Crippen molar-refractivity contribution in [3.05, 3.63) is 0 Å². The van der Waals surface area contributed by atoms with Gasteiger partial charge in [0.15, 0.2) is 0 Å². The van der Waals surface area contributed by atoms with Crippen LogP contribution >= 0.6 is 0 Å². The average molecular weight is 200 g/mol. The van der Waals surface area contributed by atoms with Crippen LogP contribution in [0.2, 0.25) is 0 Å². The second-order valence-corrected chi connectivity index (χ2v) is 4.38. The van der Waals surface area contributed by atoms with Crippen molar-refractivity contribution in [2.75, 3.05) is 19.6 Å². The van der Waals surface area contributed by atoms with Crippen LogP contribution in [-0.4, -0.2) is 30.6 Å². The van der Waals surface area contributed by atoms with Gasteiger partial charge in [-0.2, -0.15) is 0 Å². The fraction of sp³-hybridized carbons (Fsp3) is 1.00. The molecule has 2 unspecified atom stereocenters. The lowest BCUT2D eigenvalue weighted by molar-refractivity contribution is 0.182. The summed E-state index contributed by atoms with van der Waals surface area (Å²) in [5, 5.41) is 0. The molecular weight excluding hydrogens is 172 g/mol. The molecule has 0 aliphatic carbocycles. The highest BCUT2D eigenvalue weighted by molar-refractivity contribution is 4.67. The van der Waals surface area contributed by atoms with Gasteiger partial charge in [-0.15, -0.1) is 0 Å². The molecule has 0 aromatic rings. The summed E-state index contributed by atoms with van der Waals surface area (Å²) in [6, 6.07) is 0.723. The molecule has 2 N–H and O–H groups in total. The van der Waals surface area contributed by atoms with Crippen molar-refractivity contribution in [1.29, 1.82) is 0 Å². The quantitative estimate of drug-likeness (QED) is 0.652.